The second-order valence-corrected chi connectivity index (χ2v) is 6.49. The lowest BCUT2D eigenvalue weighted by atomic mass is 10.1. The van der Waals surface area contributed by atoms with Crippen molar-refractivity contribution in [3.8, 4) is 17.6 Å². The topological polar surface area (TPSA) is 70.8 Å². The van der Waals surface area contributed by atoms with Gasteiger partial charge in [-0.3, -0.25) is 0 Å². The van der Waals surface area contributed by atoms with Crippen LogP contribution in [0.15, 0.2) is 48.7 Å². The molecule has 0 spiro atoms. The Hall–Kier alpha value is -3.02. The first-order valence-corrected chi connectivity index (χ1v) is 8.82. The normalized spacial score (nSPS) is 11.0. The third-order valence-electron chi connectivity index (χ3n) is 3.74. The SMILES string of the molecule is N#Cc1cc(CNc2ccnc(Cl)n2)ccc1Oc1ccc(Cl)c(C(F)(F)F)c1. The number of benzene rings is 2. The van der Waals surface area contributed by atoms with Gasteiger partial charge in [-0.25, -0.2) is 9.97 Å². The first kappa shape index (κ1) is 20.7. The predicted octanol–water partition coefficient (Wildman–Crippen LogP) is 6.08. The lowest BCUT2D eigenvalue weighted by Gasteiger charge is -2.13. The van der Waals surface area contributed by atoms with Crippen molar-refractivity contribution in [2.75, 3.05) is 5.32 Å². The Morgan fingerprint density at radius 1 is 1.10 bits per heavy atom. The molecule has 1 N–H and O–H groups in total. The summed E-state index contributed by atoms with van der Waals surface area (Å²) in [5.41, 5.74) is -0.122. The van der Waals surface area contributed by atoms with E-state index in [0.29, 0.717) is 12.4 Å². The first-order chi connectivity index (χ1) is 13.8. The van der Waals surface area contributed by atoms with E-state index in [0.717, 1.165) is 17.7 Å². The second-order valence-electron chi connectivity index (χ2n) is 5.75. The average molecular weight is 439 g/mol. The Balaban J connectivity index is 1.78. The maximum absolute atomic E-state index is 13.0. The minimum Gasteiger partial charge on any atom is -0.456 e. The summed E-state index contributed by atoms with van der Waals surface area (Å²) in [4.78, 5) is 7.77. The summed E-state index contributed by atoms with van der Waals surface area (Å²) >= 11 is 11.3. The summed E-state index contributed by atoms with van der Waals surface area (Å²) in [6.45, 7) is 0.335. The molecule has 0 bridgehead atoms. The molecule has 0 amide bonds. The molecule has 29 heavy (non-hydrogen) atoms. The van der Waals surface area contributed by atoms with Gasteiger partial charge in [-0.05, 0) is 53.6 Å². The third kappa shape index (κ3) is 5.28. The summed E-state index contributed by atoms with van der Waals surface area (Å²) in [6, 6.07) is 11.5. The lowest BCUT2D eigenvalue weighted by molar-refractivity contribution is -0.137. The molecule has 0 saturated carbocycles. The van der Waals surface area contributed by atoms with E-state index in [2.05, 4.69) is 15.3 Å². The van der Waals surface area contributed by atoms with Gasteiger partial charge in [0.15, 0.2) is 0 Å². The summed E-state index contributed by atoms with van der Waals surface area (Å²) in [7, 11) is 0. The van der Waals surface area contributed by atoms with Crippen molar-refractivity contribution in [3.63, 3.8) is 0 Å². The number of hydrogen-bond acceptors (Lipinski definition) is 5. The fourth-order valence-corrected chi connectivity index (χ4v) is 2.77. The maximum Gasteiger partial charge on any atom is 0.417 e. The highest BCUT2D eigenvalue weighted by molar-refractivity contribution is 6.31. The van der Waals surface area contributed by atoms with Gasteiger partial charge in [-0.1, -0.05) is 17.7 Å². The number of rotatable bonds is 5. The molecular weight excluding hydrogens is 428 g/mol. The fraction of sp³-hybridized carbons (Fsp3) is 0.105. The van der Waals surface area contributed by atoms with Crippen LogP contribution in [0.25, 0.3) is 0 Å². The minimum absolute atomic E-state index is 0.0836. The highest BCUT2D eigenvalue weighted by Crippen LogP contribution is 2.38. The van der Waals surface area contributed by atoms with Gasteiger partial charge >= 0.3 is 6.18 Å². The van der Waals surface area contributed by atoms with E-state index < -0.39 is 16.8 Å². The highest BCUT2D eigenvalue weighted by Gasteiger charge is 2.33. The van der Waals surface area contributed by atoms with E-state index in [4.69, 9.17) is 27.9 Å². The number of nitrogens with zero attached hydrogens (tertiary/aromatic N) is 3. The van der Waals surface area contributed by atoms with Crippen LogP contribution in [-0.4, -0.2) is 9.97 Å². The standard InChI is InChI=1S/C19H11Cl2F3N4O/c20-15-3-2-13(8-14(15)19(22,23)24)29-16-4-1-11(7-12(16)9-25)10-27-17-5-6-26-18(21)28-17/h1-8H,10H2,(H,26,27,28). The zero-order chi connectivity index (χ0) is 21.0. The van der Waals surface area contributed by atoms with Crippen LogP contribution in [-0.2, 0) is 12.7 Å². The number of nitrogens with one attached hydrogen (secondary N) is 1. The number of hydrogen-bond donors (Lipinski definition) is 1. The summed E-state index contributed by atoms with van der Waals surface area (Å²) in [5.74, 6) is 0.543. The number of ether oxygens (including phenoxy) is 1. The maximum atomic E-state index is 13.0. The van der Waals surface area contributed by atoms with E-state index >= 15 is 0 Å². The van der Waals surface area contributed by atoms with Crippen molar-refractivity contribution in [3.05, 3.63) is 75.7 Å². The van der Waals surface area contributed by atoms with Gasteiger partial charge in [0, 0.05) is 12.7 Å². The average Bonchev–Trinajstić information content (AvgIpc) is 2.68. The van der Waals surface area contributed by atoms with E-state index in [1.807, 2.05) is 6.07 Å². The van der Waals surface area contributed by atoms with Crippen molar-refractivity contribution >= 4 is 29.0 Å². The molecule has 3 aromatic rings. The fourth-order valence-electron chi connectivity index (χ4n) is 2.40. The molecule has 148 valence electrons. The summed E-state index contributed by atoms with van der Waals surface area (Å²) in [6.07, 6.45) is -3.12. The Labute approximate surface area is 173 Å². The molecule has 3 rings (SSSR count). The summed E-state index contributed by atoms with van der Waals surface area (Å²) in [5, 5.41) is 12.1. The van der Waals surface area contributed by atoms with Gasteiger partial charge in [-0.2, -0.15) is 18.4 Å². The van der Waals surface area contributed by atoms with E-state index in [1.54, 1.807) is 18.2 Å². The lowest BCUT2D eigenvalue weighted by Crippen LogP contribution is -2.06. The van der Waals surface area contributed by atoms with E-state index in [1.165, 1.54) is 18.3 Å². The van der Waals surface area contributed by atoms with Crippen LogP contribution in [0.5, 0.6) is 11.5 Å². The molecule has 0 unspecified atom stereocenters. The van der Waals surface area contributed by atoms with Gasteiger partial charge in [-0.15, -0.1) is 0 Å². The number of aromatic nitrogens is 2. The number of alkyl halides is 3. The van der Waals surface area contributed by atoms with E-state index in [-0.39, 0.29) is 22.3 Å². The molecule has 10 heteroatoms. The van der Waals surface area contributed by atoms with Crippen LogP contribution in [0.4, 0.5) is 19.0 Å². The van der Waals surface area contributed by atoms with Crippen molar-refractivity contribution in [1.82, 2.24) is 9.97 Å². The highest BCUT2D eigenvalue weighted by atomic mass is 35.5. The van der Waals surface area contributed by atoms with E-state index in [9.17, 15) is 18.4 Å². The Morgan fingerprint density at radius 2 is 1.90 bits per heavy atom. The monoisotopic (exact) mass is 438 g/mol. The second kappa shape index (κ2) is 8.55. The minimum atomic E-state index is -4.62. The molecule has 1 heterocycles. The molecule has 0 atom stereocenters. The Bertz CT molecular complexity index is 1080. The van der Waals surface area contributed by atoms with Gasteiger partial charge in [0.1, 0.15) is 23.4 Å². The third-order valence-corrected chi connectivity index (χ3v) is 4.25. The molecule has 0 aliphatic carbocycles. The number of halogens is 5. The zero-order valence-electron chi connectivity index (χ0n) is 14.5. The quantitative estimate of drug-likeness (QED) is 0.488. The van der Waals surface area contributed by atoms with Gasteiger partial charge < -0.3 is 10.1 Å². The summed E-state index contributed by atoms with van der Waals surface area (Å²) < 4.78 is 44.5. The number of anilines is 1. The van der Waals surface area contributed by atoms with Crippen LogP contribution in [0, 0.1) is 11.3 Å². The van der Waals surface area contributed by atoms with Gasteiger partial charge in [0.2, 0.25) is 5.28 Å². The Kier molecular flexibility index (Phi) is 6.11. The smallest absolute Gasteiger partial charge is 0.417 e. The molecule has 2 aromatic carbocycles. The largest absolute Gasteiger partial charge is 0.456 e. The molecule has 1 aromatic heterocycles. The zero-order valence-corrected chi connectivity index (χ0v) is 16.0. The van der Waals surface area contributed by atoms with Crippen LogP contribution in [0.3, 0.4) is 0 Å². The van der Waals surface area contributed by atoms with Crippen LogP contribution in [0.1, 0.15) is 16.7 Å². The first-order valence-electron chi connectivity index (χ1n) is 8.06. The van der Waals surface area contributed by atoms with Gasteiger partial charge in [0.05, 0.1) is 16.1 Å². The Morgan fingerprint density at radius 3 is 2.59 bits per heavy atom. The van der Waals surface area contributed by atoms with Crippen LogP contribution < -0.4 is 10.1 Å². The molecule has 0 radical (unpaired) electrons. The van der Waals surface area contributed by atoms with Gasteiger partial charge in [0.25, 0.3) is 0 Å². The van der Waals surface area contributed by atoms with Crippen molar-refractivity contribution in [2.45, 2.75) is 12.7 Å². The van der Waals surface area contributed by atoms with Crippen LogP contribution in [0.2, 0.25) is 10.3 Å². The van der Waals surface area contributed by atoms with Crippen molar-refractivity contribution < 1.29 is 17.9 Å². The van der Waals surface area contributed by atoms with Crippen molar-refractivity contribution in [2.24, 2.45) is 0 Å². The molecular formula is C19H11Cl2F3N4O. The molecule has 0 fully saturated rings. The number of nitriles is 1. The van der Waals surface area contributed by atoms with Crippen LogP contribution >= 0.6 is 23.2 Å². The molecule has 5 nitrogen and oxygen atoms in total. The molecule has 0 aliphatic heterocycles. The predicted molar refractivity (Wildman–Crippen MR) is 102 cm³/mol. The molecule has 0 saturated heterocycles. The van der Waals surface area contributed by atoms with Crippen molar-refractivity contribution in [1.29, 1.82) is 5.26 Å². The molecule has 0 aliphatic rings.